The van der Waals surface area contributed by atoms with E-state index in [0.717, 1.165) is 21.3 Å². The van der Waals surface area contributed by atoms with E-state index in [1.54, 1.807) is 24.3 Å². The number of nitrogens with two attached hydrogens (primary N) is 1. The highest BCUT2D eigenvalue weighted by molar-refractivity contribution is 6.01. The summed E-state index contributed by atoms with van der Waals surface area (Å²) in [6.45, 7) is 5.77. The zero-order chi connectivity index (χ0) is 16.0. The van der Waals surface area contributed by atoms with E-state index in [4.69, 9.17) is 5.73 Å². The Hall–Kier alpha value is -2.82. The fraction of sp³-hybridized carbons (Fsp3) is 0.176. The highest BCUT2D eigenvalue weighted by Gasteiger charge is 2.17. The van der Waals surface area contributed by atoms with Crippen LogP contribution in [0.5, 0.6) is 0 Å². The maximum Gasteiger partial charge on any atom is 0.333 e. The molecule has 0 aliphatic rings. The van der Waals surface area contributed by atoms with Crippen molar-refractivity contribution in [2.24, 2.45) is 0 Å². The number of fused-ring (bicyclic) bond motifs is 1. The van der Waals surface area contributed by atoms with Crippen molar-refractivity contribution in [3.05, 3.63) is 63.1 Å². The zero-order valence-electron chi connectivity index (χ0n) is 12.7. The Morgan fingerprint density at radius 3 is 2.45 bits per heavy atom. The third kappa shape index (κ3) is 2.11. The summed E-state index contributed by atoms with van der Waals surface area (Å²) in [4.78, 5) is 27.6. The largest absolute Gasteiger partial charge is 0.398 e. The van der Waals surface area contributed by atoms with Crippen LogP contribution in [0.4, 0.5) is 5.69 Å². The first-order valence-corrected chi connectivity index (χ1v) is 7.01. The molecule has 3 aromatic rings. The molecule has 0 amide bonds. The fourth-order valence-corrected chi connectivity index (χ4v) is 2.48. The van der Waals surface area contributed by atoms with Crippen molar-refractivity contribution in [3.63, 3.8) is 0 Å². The third-order valence-electron chi connectivity index (χ3n) is 4.03. The van der Waals surface area contributed by atoms with Gasteiger partial charge in [0, 0.05) is 11.3 Å². The molecule has 1 heterocycles. The van der Waals surface area contributed by atoms with E-state index in [9.17, 15) is 9.59 Å². The van der Waals surface area contributed by atoms with Crippen molar-refractivity contribution in [1.29, 1.82) is 0 Å². The molecule has 5 heteroatoms. The Labute approximate surface area is 127 Å². The van der Waals surface area contributed by atoms with E-state index in [-0.39, 0.29) is 5.91 Å². The first kappa shape index (κ1) is 14.1. The van der Waals surface area contributed by atoms with Gasteiger partial charge in [-0.25, -0.2) is 9.36 Å². The van der Waals surface area contributed by atoms with E-state index in [0.29, 0.717) is 22.3 Å². The monoisotopic (exact) mass is 295 g/mol. The van der Waals surface area contributed by atoms with E-state index in [1.165, 1.54) is 0 Å². The number of imidazole rings is 1. The predicted octanol–water partition coefficient (Wildman–Crippen LogP) is 2.53. The lowest BCUT2D eigenvalue weighted by Gasteiger charge is -2.06. The van der Waals surface area contributed by atoms with Crippen LogP contribution >= 0.6 is 0 Å². The number of anilines is 1. The van der Waals surface area contributed by atoms with Crippen molar-refractivity contribution in [2.45, 2.75) is 20.8 Å². The van der Waals surface area contributed by atoms with Crippen LogP contribution in [0.1, 0.15) is 27.0 Å². The molecule has 112 valence electrons. The first-order chi connectivity index (χ1) is 10.4. The maximum atomic E-state index is 12.7. The number of rotatable bonds is 1. The second-order valence-corrected chi connectivity index (χ2v) is 5.60. The maximum absolute atomic E-state index is 12.7. The number of aromatic amines is 1. The average Bonchev–Trinajstić information content (AvgIpc) is 2.77. The van der Waals surface area contributed by atoms with Gasteiger partial charge in [-0.2, -0.15) is 0 Å². The highest BCUT2D eigenvalue weighted by atomic mass is 16.2. The molecule has 0 saturated carbocycles. The number of carbonyl (C=O) groups is 1. The van der Waals surface area contributed by atoms with Gasteiger partial charge < -0.3 is 10.7 Å². The summed E-state index contributed by atoms with van der Waals surface area (Å²) in [5.74, 6) is -0.359. The van der Waals surface area contributed by atoms with Gasteiger partial charge >= 0.3 is 5.69 Å². The van der Waals surface area contributed by atoms with Gasteiger partial charge in [0.1, 0.15) is 0 Å². The number of aromatic nitrogens is 2. The molecule has 0 unspecified atom stereocenters. The Morgan fingerprint density at radius 2 is 1.77 bits per heavy atom. The molecule has 0 fully saturated rings. The molecule has 0 spiro atoms. The number of nitrogen functional groups attached to an aromatic ring is 1. The molecular formula is C17H17N3O2. The summed E-state index contributed by atoms with van der Waals surface area (Å²) in [5, 5.41) is 0. The number of aryl methyl sites for hydroxylation is 3. The van der Waals surface area contributed by atoms with Gasteiger partial charge in [-0.05, 0) is 61.7 Å². The number of H-pyrrole nitrogens is 1. The second-order valence-electron chi connectivity index (χ2n) is 5.60. The Balaban J connectivity index is 2.23. The minimum Gasteiger partial charge on any atom is -0.398 e. The summed E-state index contributed by atoms with van der Waals surface area (Å²) in [7, 11) is 0. The number of nitrogens with one attached hydrogen (secondary N) is 1. The van der Waals surface area contributed by atoms with Crippen molar-refractivity contribution in [2.75, 3.05) is 5.73 Å². The smallest absolute Gasteiger partial charge is 0.333 e. The Kier molecular flexibility index (Phi) is 3.13. The van der Waals surface area contributed by atoms with Crippen LogP contribution in [0.25, 0.3) is 11.0 Å². The fourth-order valence-electron chi connectivity index (χ4n) is 2.48. The van der Waals surface area contributed by atoms with Crippen molar-refractivity contribution >= 4 is 22.6 Å². The molecule has 0 bridgehead atoms. The summed E-state index contributed by atoms with van der Waals surface area (Å²) in [5.41, 5.74) is 10.5. The summed E-state index contributed by atoms with van der Waals surface area (Å²) in [6.07, 6.45) is 0. The van der Waals surface area contributed by atoms with Crippen LogP contribution in [0.2, 0.25) is 0 Å². The van der Waals surface area contributed by atoms with E-state index in [1.807, 2.05) is 26.8 Å². The molecule has 3 N–H and O–H groups in total. The molecule has 5 nitrogen and oxygen atoms in total. The van der Waals surface area contributed by atoms with Crippen LogP contribution in [0.3, 0.4) is 0 Å². The van der Waals surface area contributed by atoms with Crippen LogP contribution < -0.4 is 11.4 Å². The van der Waals surface area contributed by atoms with Crippen LogP contribution in [-0.4, -0.2) is 15.5 Å². The van der Waals surface area contributed by atoms with Gasteiger partial charge in [0.15, 0.2) is 0 Å². The van der Waals surface area contributed by atoms with Gasteiger partial charge in [-0.15, -0.1) is 0 Å². The van der Waals surface area contributed by atoms with Crippen LogP contribution in [0, 0.1) is 20.8 Å². The average molecular weight is 295 g/mol. The number of benzene rings is 2. The standard InChI is InChI=1S/C17H17N3O2/c1-9-4-5-12(6-10(9)2)16(21)20-15-8-13(18)11(3)7-14(15)19-17(20)22/h4-8H,18H2,1-3H3,(H,19,22). The predicted molar refractivity (Wildman–Crippen MR) is 87.4 cm³/mol. The van der Waals surface area contributed by atoms with Crippen LogP contribution in [0.15, 0.2) is 35.1 Å². The number of carbonyl (C=O) groups excluding carboxylic acids is 1. The van der Waals surface area contributed by atoms with Gasteiger partial charge in [0.05, 0.1) is 11.0 Å². The van der Waals surface area contributed by atoms with E-state index >= 15 is 0 Å². The minimum absolute atomic E-state index is 0.359. The summed E-state index contributed by atoms with van der Waals surface area (Å²) in [6, 6.07) is 8.83. The molecule has 22 heavy (non-hydrogen) atoms. The topological polar surface area (TPSA) is 80.9 Å². The minimum atomic E-state index is -0.455. The molecule has 0 aliphatic carbocycles. The van der Waals surface area contributed by atoms with Gasteiger partial charge in [-0.3, -0.25) is 4.79 Å². The lowest BCUT2D eigenvalue weighted by atomic mass is 10.1. The molecule has 0 aliphatic heterocycles. The lowest BCUT2D eigenvalue weighted by molar-refractivity contribution is 0.0961. The summed E-state index contributed by atoms with van der Waals surface area (Å²) < 4.78 is 1.13. The second kappa shape index (κ2) is 4.87. The summed E-state index contributed by atoms with van der Waals surface area (Å²) >= 11 is 0. The van der Waals surface area contributed by atoms with Crippen LogP contribution in [-0.2, 0) is 0 Å². The molecule has 0 saturated heterocycles. The van der Waals surface area contributed by atoms with E-state index in [2.05, 4.69) is 4.98 Å². The molecule has 0 atom stereocenters. The molecule has 2 aromatic carbocycles. The van der Waals surface area contributed by atoms with Crippen molar-refractivity contribution in [3.8, 4) is 0 Å². The first-order valence-electron chi connectivity index (χ1n) is 7.01. The molecular weight excluding hydrogens is 278 g/mol. The van der Waals surface area contributed by atoms with Crippen molar-refractivity contribution in [1.82, 2.24) is 9.55 Å². The number of hydrogen-bond donors (Lipinski definition) is 2. The lowest BCUT2D eigenvalue weighted by Crippen LogP contribution is -2.24. The van der Waals surface area contributed by atoms with E-state index < -0.39 is 5.69 Å². The Bertz CT molecular complexity index is 964. The third-order valence-corrected chi connectivity index (χ3v) is 4.03. The van der Waals surface area contributed by atoms with Gasteiger partial charge in [0.25, 0.3) is 5.91 Å². The normalized spacial score (nSPS) is 11.0. The van der Waals surface area contributed by atoms with Gasteiger partial charge in [0.2, 0.25) is 0 Å². The molecule has 0 radical (unpaired) electrons. The quantitative estimate of drug-likeness (QED) is 0.677. The zero-order valence-corrected chi connectivity index (χ0v) is 12.7. The Morgan fingerprint density at radius 1 is 1.05 bits per heavy atom. The molecule has 3 rings (SSSR count). The number of hydrogen-bond acceptors (Lipinski definition) is 3. The molecule has 1 aromatic heterocycles. The SMILES string of the molecule is Cc1ccc(C(=O)n2c(=O)[nH]c3cc(C)c(N)cc32)cc1C. The highest BCUT2D eigenvalue weighted by Crippen LogP contribution is 2.20. The van der Waals surface area contributed by atoms with Crippen molar-refractivity contribution < 1.29 is 4.79 Å². The van der Waals surface area contributed by atoms with Gasteiger partial charge in [-0.1, -0.05) is 6.07 Å². The number of nitrogens with zero attached hydrogens (tertiary/aromatic N) is 1.